The molecule has 3 heterocycles. The normalized spacial score (nSPS) is 13.9. The van der Waals surface area contributed by atoms with Gasteiger partial charge in [-0.2, -0.15) is 0 Å². The molecule has 0 aromatic carbocycles. The quantitative estimate of drug-likeness (QED) is 0.504. The van der Waals surface area contributed by atoms with Gasteiger partial charge in [0.25, 0.3) is 5.56 Å². The van der Waals surface area contributed by atoms with Crippen molar-refractivity contribution in [1.82, 2.24) is 9.55 Å². The van der Waals surface area contributed by atoms with Gasteiger partial charge in [-0.25, -0.2) is 4.98 Å². The van der Waals surface area contributed by atoms with Crippen LogP contribution in [0.2, 0.25) is 4.34 Å². The first-order valence-corrected chi connectivity index (χ1v) is 10.0. The fourth-order valence-corrected chi connectivity index (χ4v) is 6.20. The number of hydrogen-bond acceptors (Lipinski definition) is 5. The molecule has 0 unspecified atom stereocenters. The Labute approximate surface area is 145 Å². The van der Waals surface area contributed by atoms with E-state index in [9.17, 15) is 4.79 Å². The van der Waals surface area contributed by atoms with Crippen molar-refractivity contribution >= 4 is 56.3 Å². The fraction of sp³-hybridized carbons (Fsp3) is 0.333. The van der Waals surface area contributed by atoms with E-state index in [1.807, 2.05) is 19.2 Å². The highest BCUT2D eigenvalue weighted by Crippen LogP contribution is 2.36. The summed E-state index contributed by atoms with van der Waals surface area (Å²) in [6, 6.07) is 3.93. The van der Waals surface area contributed by atoms with E-state index in [1.54, 1.807) is 39.0 Å². The van der Waals surface area contributed by atoms with Crippen LogP contribution >= 0.6 is 46.0 Å². The van der Waals surface area contributed by atoms with Crippen LogP contribution in [0.15, 0.2) is 22.1 Å². The Kier molecular flexibility index (Phi) is 3.80. The molecule has 0 bridgehead atoms. The van der Waals surface area contributed by atoms with E-state index in [0.29, 0.717) is 0 Å². The third kappa shape index (κ3) is 2.42. The zero-order valence-electron chi connectivity index (χ0n) is 11.9. The van der Waals surface area contributed by atoms with E-state index in [4.69, 9.17) is 16.6 Å². The summed E-state index contributed by atoms with van der Waals surface area (Å²) >= 11 is 10.8. The molecule has 0 spiro atoms. The molecule has 3 nitrogen and oxygen atoms in total. The molecular formula is C15H13ClN2OS3. The summed E-state index contributed by atoms with van der Waals surface area (Å²) in [6.07, 6.45) is 3.28. The van der Waals surface area contributed by atoms with Gasteiger partial charge < -0.3 is 0 Å². The number of nitrogens with zero attached hydrogens (tertiary/aromatic N) is 2. The van der Waals surface area contributed by atoms with Crippen LogP contribution in [0.25, 0.3) is 10.2 Å². The summed E-state index contributed by atoms with van der Waals surface area (Å²) in [7, 11) is 1.82. The van der Waals surface area contributed by atoms with E-state index < -0.39 is 0 Å². The van der Waals surface area contributed by atoms with Gasteiger partial charge in [-0.15, -0.1) is 22.7 Å². The van der Waals surface area contributed by atoms with Crippen molar-refractivity contribution in [2.75, 3.05) is 0 Å². The molecule has 114 valence electrons. The molecule has 4 rings (SSSR count). The molecule has 1 aliphatic carbocycles. The Hall–Kier alpha value is -0.820. The van der Waals surface area contributed by atoms with Gasteiger partial charge in [-0.05, 0) is 37.0 Å². The first kappa shape index (κ1) is 14.8. The summed E-state index contributed by atoms with van der Waals surface area (Å²) in [5.41, 5.74) is 1.34. The Balaban J connectivity index is 1.72. The summed E-state index contributed by atoms with van der Waals surface area (Å²) in [5, 5.41) is 1.63. The van der Waals surface area contributed by atoms with Gasteiger partial charge in [0.15, 0.2) is 5.16 Å². The van der Waals surface area contributed by atoms with Crippen molar-refractivity contribution < 1.29 is 0 Å². The van der Waals surface area contributed by atoms with E-state index in [2.05, 4.69) is 0 Å². The molecule has 7 heteroatoms. The van der Waals surface area contributed by atoms with Crippen molar-refractivity contribution in [3.8, 4) is 0 Å². The van der Waals surface area contributed by atoms with Gasteiger partial charge >= 0.3 is 0 Å². The van der Waals surface area contributed by atoms with Crippen LogP contribution in [0.1, 0.15) is 21.7 Å². The van der Waals surface area contributed by atoms with Crippen LogP contribution in [0.4, 0.5) is 0 Å². The van der Waals surface area contributed by atoms with Crippen molar-refractivity contribution in [2.45, 2.75) is 30.2 Å². The lowest BCUT2D eigenvalue weighted by Crippen LogP contribution is -2.20. The molecule has 0 saturated carbocycles. The van der Waals surface area contributed by atoms with E-state index in [-0.39, 0.29) is 5.56 Å². The maximum absolute atomic E-state index is 12.7. The number of thioether (sulfide) groups is 1. The molecular weight excluding hydrogens is 356 g/mol. The lowest BCUT2D eigenvalue weighted by atomic mass is 10.2. The Bertz CT molecular complexity index is 925. The smallest absolute Gasteiger partial charge is 0.262 e. The lowest BCUT2D eigenvalue weighted by Gasteiger charge is -2.06. The molecule has 0 fully saturated rings. The number of aryl methyl sites for hydroxylation is 2. The summed E-state index contributed by atoms with van der Waals surface area (Å²) in [6.45, 7) is 0. The second kappa shape index (κ2) is 5.67. The van der Waals surface area contributed by atoms with E-state index >= 15 is 0 Å². The number of hydrogen-bond donors (Lipinski definition) is 0. The molecule has 0 N–H and O–H groups in total. The highest BCUT2D eigenvalue weighted by molar-refractivity contribution is 7.98. The second-order valence-corrected chi connectivity index (χ2v) is 9.12. The monoisotopic (exact) mass is 368 g/mol. The SMILES string of the molecule is Cn1c(SCc2ccc(Cl)s2)nc2sc3c(c2c1=O)CCC3. The molecule has 0 amide bonds. The molecule has 3 aromatic heterocycles. The minimum Gasteiger partial charge on any atom is -0.290 e. The summed E-state index contributed by atoms with van der Waals surface area (Å²) < 4.78 is 2.48. The molecule has 3 aromatic rings. The molecule has 0 aliphatic heterocycles. The first-order chi connectivity index (χ1) is 10.6. The predicted molar refractivity (Wildman–Crippen MR) is 95.8 cm³/mol. The van der Waals surface area contributed by atoms with Crippen molar-refractivity contribution in [3.05, 3.63) is 42.1 Å². The van der Waals surface area contributed by atoms with Crippen LogP contribution in [0.5, 0.6) is 0 Å². The van der Waals surface area contributed by atoms with Crippen molar-refractivity contribution in [2.24, 2.45) is 7.05 Å². The van der Waals surface area contributed by atoms with Crippen LogP contribution in [-0.2, 0) is 25.6 Å². The topological polar surface area (TPSA) is 34.9 Å². The zero-order chi connectivity index (χ0) is 15.3. The Morgan fingerprint density at radius 2 is 2.23 bits per heavy atom. The molecule has 22 heavy (non-hydrogen) atoms. The summed E-state index contributed by atoms with van der Waals surface area (Å²) in [5.74, 6) is 0.786. The van der Waals surface area contributed by atoms with Gasteiger partial charge in [-0.3, -0.25) is 9.36 Å². The van der Waals surface area contributed by atoms with Crippen molar-refractivity contribution in [3.63, 3.8) is 0 Å². The Morgan fingerprint density at radius 3 is 3.00 bits per heavy atom. The number of aromatic nitrogens is 2. The van der Waals surface area contributed by atoms with Crippen LogP contribution in [0.3, 0.4) is 0 Å². The van der Waals surface area contributed by atoms with Gasteiger partial charge in [0.1, 0.15) is 4.83 Å². The standard InChI is InChI=1S/C15H13ClN2OS3/c1-18-14(19)12-9-3-2-4-10(9)22-13(12)17-15(18)20-7-8-5-6-11(16)21-8/h5-6H,2-4,7H2,1H3. The zero-order valence-corrected chi connectivity index (χ0v) is 15.1. The largest absolute Gasteiger partial charge is 0.290 e. The Morgan fingerprint density at radius 1 is 1.36 bits per heavy atom. The third-order valence-electron chi connectivity index (χ3n) is 3.88. The van der Waals surface area contributed by atoms with Gasteiger partial charge in [0.2, 0.25) is 0 Å². The highest BCUT2D eigenvalue weighted by Gasteiger charge is 2.22. The van der Waals surface area contributed by atoms with Crippen LogP contribution in [-0.4, -0.2) is 9.55 Å². The second-order valence-electron chi connectivity index (χ2n) is 5.29. The van der Waals surface area contributed by atoms with Gasteiger partial charge in [0, 0.05) is 22.6 Å². The average molecular weight is 369 g/mol. The molecule has 0 atom stereocenters. The molecule has 1 aliphatic rings. The van der Waals surface area contributed by atoms with E-state index in [0.717, 1.165) is 44.7 Å². The number of rotatable bonds is 3. The van der Waals surface area contributed by atoms with Crippen LogP contribution in [0, 0.1) is 0 Å². The average Bonchev–Trinajstić information content (AvgIpc) is 3.16. The minimum atomic E-state index is 0.0936. The third-order valence-corrected chi connectivity index (χ3v) is 7.56. The number of thiophene rings is 2. The lowest BCUT2D eigenvalue weighted by molar-refractivity contribution is 0.727. The maximum Gasteiger partial charge on any atom is 0.262 e. The first-order valence-electron chi connectivity index (χ1n) is 7.02. The minimum absolute atomic E-state index is 0.0936. The van der Waals surface area contributed by atoms with Gasteiger partial charge in [0.05, 0.1) is 9.72 Å². The van der Waals surface area contributed by atoms with Crippen molar-refractivity contribution in [1.29, 1.82) is 0 Å². The number of halogens is 1. The van der Waals surface area contributed by atoms with Crippen LogP contribution < -0.4 is 5.56 Å². The fourth-order valence-electron chi connectivity index (χ4n) is 2.80. The number of fused-ring (bicyclic) bond motifs is 3. The predicted octanol–water partition coefficient (Wildman–Crippen LogP) is 4.49. The molecule has 0 saturated heterocycles. The maximum atomic E-state index is 12.7. The summed E-state index contributed by atoms with van der Waals surface area (Å²) in [4.78, 5) is 20.9. The van der Waals surface area contributed by atoms with Gasteiger partial charge in [-0.1, -0.05) is 23.4 Å². The van der Waals surface area contributed by atoms with E-state index in [1.165, 1.54) is 15.3 Å². The molecule has 0 radical (unpaired) electrons. The highest BCUT2D eigenvalue weighted by atomic mass is 35.5.